The number of hydrogen-bond acceptors (Lipinski definition) is 2. The fourth-order valence-corrected chi connectivity index (χ4v) is 2.68. The van der Waals surface area contributed by atoms with Gasteiger partial charge in [-0.3, -0.25) is 4.68 Å². The molecule has 3 nitrogen and oxygen atoms in total. The Balaban J connectivity index is 2.26. The third kappa shape index (κ3) is 3.91. The van der Waals surface area contributed by atoms with Crippen molar-refractivity contribution in [2.75, 3.05) is 6.54 Å². The van der Waals surface area contributed by atoms with Crippen molar-refractivity contribution in [3.63, 3.8) is 0 Å². The Hall–Kier alpha value is -1.68. The largest absolute Gasteiger partial charge is 0.310 e. The zero-order valence-electron chi connectivity index (χ0n) is 13.3. The van der Waals surface area contributed by atoms with Gasteiger partial charge in [0.25, 0.3) is 0 Å². The molecule has 0 spiro atoms. The highest BCUT2D eigenvalue weighted by molar-refractivity contribution is 5.30. The molecule has 0 fully saturated rings. The molecule has 1 N–H and O–H groups in total. The number of aryl methyl sites for hydroxylation is 3. The Kier molecular flexibility index (Phi) is 5.12. The highest BCUT2D eigenvalue weighted by Crippen LogP contribution is 2.23. The average molecular weight is 289 g/mol. The maximum absolute atomic E-state index is 13.2. The maximum atomic E-state index is 13.2. The van der Waals surface area contributed by atoms with Crippen LogP contribution in [0.3, 0.4) is 0 Å². The smallest absolute Gasteiger partial charge is 0.123 e. The summed E-state index contributed by atoms with van der Waals surface area (Å²) < 4.78 is 15.1. The Morgan fingerprint density at radius 2 is 2.10 bits per heavy atom. The van der Waals surface area contributed by atoms with Gasteiger partial charge < -0.3 is 5.32 Å². The predicted octanol–water partition coefficient (Wildman–Crippen LogP) is 3.46. The SMILES string of the molecule is CCCNC(Cc1ccc(F)cc1C)c1cn(C)nc1C. The van der Waals surface area contributed by atoms with E-state index >= 15 is 0 Å². The Morgan fingerprint density at radius 1 is 1.33 bits per heavy atom. The van der Waals surface area contributed by atoms with Crippen LogP contribution in [0.1, 0.15) is 41.8 Å². The van der Waals surface area contributed by atoms with Gasteiger partial charge >= 0.3 is 0 Å². The van der Waals surface area contributed by atoms with Crippen LogP contribution in [0.2, 0.25) is 0 Å². The van der Waals surface area contributed by atoms with Gasteiger partial charge in [-0.1, -0.05) is 13.0 Å². The minimum atomic E-state index is -0.174. The molecule has 1 unspecified atom stereocenters. The van der Waals surface area contributed by atoms with E-state index in [0.717, 1.165) is 30.6 Å². The summed E-state index contributed by atoms with van der Waals surface area (Å²) >= 11 is 0. The molecule has 0 radical (unpaired) electrons. The Morgan fingerprint density at radius 3 is 2.67 bits per heavy atom. The predicted molar refractivity (Wildman–Crippen MR) is 83.8 cm³/mol. The number of benzene rings is 1. The first-order valence-electron chi connectivity index (χ1n) is 7.49. The van der Waals surface area contributed by atoms with Gasteiger partial charge in [-0.2, -0.15) is 5.10 Å². The van der Waals surface area contributed by atoms with Crippen LogP contribution in [0.5, 0.6) is 0 Å². The van der Waals surface area contributed by atoms with E-state index < -0.39 is 0 Å². The average Bonchev–Trinajstić information content (AvgIpc) is 2.76. The van der Waals surface area contributed by atoms with Crippen LogP contribution in [0, 0.1) is 19.7 Å². The standard InChI is InChI=1S/C17H24FN3/c1-5-8-19-17(16-11-21(4)20-13(16)3)10-14-6-7-15(18)9-12(14)2/h6-7,9,11,17,19H,5,8,10H2,1-4H3. The molecule has 0 aliphatic heterocycles. The third-order valence-electron chi connectivity index (χ3n) is 3.80. The van der Waals surface area contributed by atoms with Gasteiger partial charge in [-0.05, 0) is 56.5 Å². The van der Waals surface area contributed by atoms with E-state index in [4.69, 9.17) is 0 Å². The molecule has 4 heteroatoms. The summed E-state index contributed by atoms with van der Waals surface area (Å²) in [6.45, 7) is 7.11. The lowest BCUT2D eigenvalue weighted by molar-refractivity contribution is 0.525. The van der Waals surface area contributed by atoms with Crippen molar-refractivity contribution in [3.05, 3.63) is 52.6 Å². The van der Waals surface area contributed by atoms with E-state index in [-0.39, 0.29) is 11.9 Å². The van der Waals surface area contributed by atoms with Crippen molar-refractivity contribution in [1.82, 2.24) is 15.1 Å². The summed E-state index contributed by atoms with van der Waals surface area (Å²) in [6.07, 6.45) is 4.00. The molecule has 0 saturated carbocycles. The normalized spacial score (nSPS) is 12.6. The molecular formula is C17H24FN3. The Bertz CT molecular complexity index is 604. The van der Waals surface area contributed by atoms with Crippen molar-refractivity contribution in [1.29, 1.82) is 0 Å². The fourth-order valence-electron chi connectivity index (χ4n) is 2.68. The lowest BCUT2D eigenvalue weighted by Crippen LogP contribution is -2.24. The minimum Gasteiger partial charge on any atom is -0.310 e. The van der Waals surface area contributed by atoms with Crippen LogP contribution in [0.15, 0.2) is 24.4 Å². The summed E-state index contributed by atoms with van der Waals surface area (Å²) in [7, 11) is 1.94. The highest BCUT2D eigenvalue weighted by atomic mass is 19.1. The summed E-state index contributed by atoms with van der Waals surface area (Å²) in [5, 5.41) is 8.02. The molecule has 2 aromatic rings. The van der Waals surface area contributed by atoms with E-state index in [9.17, 15) is 4.39 Å². The van der Waals surface area contributed by atoms with Crippen molar-refractivity contribution in [3.8, 4) is 0 Å². The number of rotatable bonds is 6. The van der Waals surface area contributed by atoms with Crippen molar-refractivity contribution < 1.29 is 4.39 Å². The lowest BCUT2D eigenvalue weighted by atomic mass is 9.96. The van der Waals surface area contributed by atoms with Crippen molar-refractivity contribution in [2.45, 2.75) is 39.7 Å². The maximum Gasteiger partial charge on any atom is 0.123 e. The molecule has 0 aliphatic carbocycles. The van der Waals surface area contributed by atoms with Gasteiger partial charge in [0.05, 0.1) is 5.69 Å². The number of halogens is 1. The lowest BCUT2D eigenvalue weighted by Gasteiger charge is -2.19. The molecular weight excluding hydrogens is 265 g/mol. The topological polar surface area (TPSA) is 29.9 Å². The summed E-state index contributed by atoms with van der Waals surface area (Å²) in [5.74, 6) is -0.174. The number of nitrogens with one attached hydrogen (secondary N) is 1. The van der Waals surface area contributed by atoms with Crippen molar-refractivity contribution >= 4 is 0 Å². The number of nitrogens with zero attached hydrogens (tertiary/aromatic N) is 2. The van der Waals surface area contributed by atoms with Gasteiger partial charge in [-0.15, -0.1) is 0 Å². The zero-order chi connectivity index (χ0) is 15.4. The zero-order valence-corrected chi connectivity index (χ0v) is 13.3. The third-order valence-corrected chi connectivity index (χ3v) is 3.80. The van der Waals surface area contributed by atoms with Gasteiger partial charge in [0.1, 0.15) is 5.82 Å². The molecule has 0 bridgehead atoms. The minimum absolute atomic E-state index is 0.174. The van der Waals surface area contributed by atoms with Crippen LogP contribution in [-0.4, -0.2) is 16.3 Å². The fraction of sp³-hybridized carbons (Fsp3) is 0.471. The van der Waals surface area contributed by atoms with Crippen LogP contribution in [0.4, 0.5) is 4.39 Å². The van der Waals surface area contributed by atoms with Gasteiger partial charge in [-0.25, -0.2) is 4.39 Å². The molecule has 0 aliphatic rings. The van der Waals surface area contributed by atoms with E-state index in [1.807, 2.05) is 31.6 Å². The Labute approximate surface area is 126 Å². The van der Waals surface area contributed by atoms with E-state index in [2.05, 4.69) is 23.5 Å². The van der Waals surface area contributed by atoms with Crippen LogP contribution in [0.25, 0.3) is 0 Å². The van der Waals surface area contributed by atoms with Crippen LogP contribution >= 0.6 is 0 Å². The quantitative estimate of drug-likeness (QED) is 0.882. The molecule has 1 aromatic heterocycles. The van der Waals surface area contributed by atoms with Crippen LogP contribution in [-0.2, 0) is 13.5 Å². The first kappa shape index (κ1) is 15.7. The van der Waals surface area contributed by atoms with Crippen molar-refractivity contribution in [2.24, 2.45) is 7.05 Å². The van der Waals surface area contributed by atoms with Gasteiger partial charge in [0, 0.05) is 24.8 Å². The molecule has 2 rings (SSSR count). The second kappa shape index (κ2) is 6.85. The summed E-state index contributed by atoms with van der Waals surface area (Å²) in [6, 6.07) is 5.23. The monoisotopic (exact) mass is 289 g/mol. The van der Waals surface area contributed by atoms with E-state index in [1.54, 1.807) is 6.07 Å². The van der Waals surface area contributed by atoms with Gasteiger partial charge in [0.15, 0.2) is 0 Å². The number of aromatic nitrogens is 2. The highest BCUT2D eigenvalue weighted by Gasteiger charge is 2.17. The second-order valence-corrected chi connectivity index (χ2v) is 5.63. The second-order valence-electron chi connectivity index (χ2n) is 5.63. The molecule has 0 amide bonds. The first-order chi connectivity index (χ1) is 10.0. The molecule has 0 saturated heterocycles. The molecule has 1 atom stereocenters. The number of hydrogen-bond donors (Lipinski definition) is 1. The van der Waals surface area contributed by atoms with Crippen LogP contribution < -0.4 is 5.32 Å². The van der Waals surface area contributed by atoms with E-state index in [0.29, 0.717) is 0 Å². The molecule has 1 aromatic carbocycles. The van der Waals surface area contributed by atoms with Gasteiger partial charge in [0.2, 0.25) is 0 Å². The molecule has 114 valence electrons. The van der Waals surface area contributed by atoms with E-state index in [1.165, 1.54) is 17.2 Å². The summed E-state index contributed by atoms with van der Waals surface area (Å²) in [4.78, 5) is 0. The molecule has 21 heavy (non-hydrogen) atoms. The first-order valence-corrected chi connectivity index (χ1v) is 7.49. The molecule has 1 heterocycles. The summed E-state index contributed by atoms with van der Waals surface area (Å²) in [5.41, 5.74) is 4.44.